The first kappa shape index (κ1) is 13.9. The number of pyridine rings is 1. The minimum atomic E-state index is -4.81. The number of halogens is 3. The lowest BCUT2D eigenvalue weighted by Gasteiger charge is -2.10. The molecule has 4 nitrogen and oxygen atoms in total. The average molecular weight is 283 g/mol. The van der Waals surface area contributed by atoms with Gasteiger partial charge in [0.05, 0.1) is 11.3 Å². The first-order valence-electron chi connectivity index (χ1n) is 5.41. The van der Waals surface area contributed by atoms with Gasteiger partial charge in [-0.15, -0.1) is 13.2 Å². The van der Waals surface area contributed by atoms with E-state index in [9.17, 15) is 18.0 Å². The van der Waals surface area contributed by atoms with Gasteiger partial charge in [-0.2, -0.15) is 0 Å². The van der Waals surface area contributed by atoms with Crippen LogP contribution in [0.3, 0.4) is 0 Å². The summed E-state index contributed by atoms with van der Waals surface area (Å²) in [6, 6.07) is 7.75. The molecule has 0 fully saturated rings. The first-order valence-corrected chi connectivity index (χ1v) is 5.41. The van der Waals surface area contributed by atoms with Gasteiger partial charge in [0.1, 0.15) is 5.75 Å². The molecule has 0 aliphatic carbocycles. The maximum atomic E-state index is 12.2. The molecule has 2 aromatic rings. The zero-order valence-electron chi connectivity index (χ0n) is 9.89. The summed E-state index contributed by atoms with van der Waals surface area (Å²) in [6.45, 7) is 0. The third-order valence-corrected chi connectivity index (χ3v) is 2.38. The van der Waals surface area contributed by atoms with Gasteiger partial charge in [-0.3, -0.25) is 4.98 Å². The molecule has 1 aromatic heterocycles. The van der Waals surface area contributed by atoms with E-state index in [1.54, 1.807) is 0 Å². The predicted octanol–water partition coefficient (Wildman–Crippen LogP) is 3.35. The fourth-order valence-electron chi connectivity index (χ4n) is 1.65. The van der Waals surface area contributed by atoms with Gasteiger partial charge in [-0.05, 0) is 24.3 Å². The second-order valence-electron chi connectivity index (χ2n) is 3.78. The van der Waals surface area contributed by atoms with Crippen LogP contribution >= 0.6 is 0 Å². The molecule has 0 aliphatic heterocycles. The molecule has 0 amide bonds. The van der Waals surface area contributed by atoms with Crippen LogP contribution in [0, 0.1) is 0 Å². The van der Waals surface area contributed by atoms with Gasteiger partial charge >= 0.3 is 12.3 Å². The van der Waals surface area contributed by atoms with Crippen LogP contribution in [0.4, 0.5) is 13.2 Å². The molecular formula is C13H8F3NO3. The quantitative estimate of drug-likeness (QED) is 0.938. The minimum Gasteiger partial charge on any atom is -0.478 e. The van der Waals surface area contributed by atoms with E-state index in [1.165, 1.54) is 30.5 Å². The van der Waals surface area contributed by atoms with E-state index in [1.807, 2.05) is 0 Å². The summed E-state index contributed by atoms with van der Waals surface area (Å²) in [5, 5.41) is 9.03. The second-order valence-corrected chi connectivity index (χ2v) is 3.78. The molecule has 0 spiro atoms. The standard InChI is InChI=1S/C13H8F3NO3/c14-13(15,16)20-9-4-1-3-8(7-9)11-10(12(18)19)5-2-6-17-11/h1-7H,(H,18,19). The topological polar surface area (TPSA) is 59.4 Å². The lowest BCUT2D eigenvalue weighted by molar-refractivity contribution is -0.274. The maximum Gasteiger partial charge on any atom is 0.573 e. The van der Waals surface area contributed by atoms with Gasteiger partial charge in [0, 0.05) is 11.8 Å². The van der Waals surface area contributed by atoms with Crippen molar-refractivity contribution in [1.29, 1.82) is 0 Å². The van der Waals surface area contributed by atoms with Gasteiger partial charge in [-0.1, -0.05) is 12.1 Å². The zero-order chi connectivity index (χ0) is 14.8. The number of carboxylic acids is 1. The Morgan fingerprint density at radius 3 is 2.60 bits per heavy atom. The number of aromatic carboxylic acids is 1. The van der Waals surface area contributed by atoms with Gasteiger partial charge in [0.2, 0.25) is 0 Å². The molecule has 0 atom stereocenters. The molecule has 1 heterocycles. The highest BCUT2D eigenvalue weighted by molar-refractivity contribution is 5.94. The number of hydrogen-bond acceptors (Lipinski definition) is 3. The zero-order valence-corrected chi connectivity index (χ0v) is 9.89. The Hall–Kier alpha value is -2.57. The van der Waals surface area contributed by atoms with Crippen LogP contribution in [0.15, 0.2) is 42.6 Å². The molecule has 104 valence electrons. The van der Waals surface area contributed by atoms with Gasteiger partial charge < -0.3 is 9.84 Å². The van der Waals surface area contributed by atoms with Crippen molar-refractivity contribution in [2.24, 2.45) is 0 Å². The Morgan fingerprint density at radius 2 is 1.95 bits per heavy atom. The number of nitrogens with zero attached hydrogens (tertiary/aromatic N) is 1. The lowest BCUT2D eigenvalue weighted by Crippen LogP contribution is -2.17. The highest BCUT2D eigenvalue weighted by Gasteiger charge is 2.31. The summed E-state index contributed by atoms with van der Waals surface area (Å²) in [5.74, 6) is -1.65. The van der Waals surface area contributed by atoms with Gasteiger partial charge in [0.15, 0.2) is 0 Å². The SMILES string of the molecule is O=C(O)c1cccnc1-c1cccc(OC(F)(F)F)c1. The largest absolute Gasteiger partial charge is 0.573 e. The Labute approximate surface area is 111 Å². The summed E-state index contributed by atoms with van der Waals surface area (Å²) in [4.78, 5) is 14.9. The smallest absolute Gasteiger partial charge is 0.478 e. The van der Waals surface area contributed by atoms with E-state index in [0.717, 1.165) is 12.1 Å². The molecule has 7 heteroatoms. The van der Waals surface area contributed by atoms with Crippen LogP contribution < -0.4 is 4.74 Å². The number of rotatable bonds is 3. The van der Waals surface area contributed by atoms with Crippen molar-refractivity contribution in [2.45, 2.75) is 6.36 Å². The second kappa shape index (κ2) is 5.20. The van der Waals surface area contributed by atoms with E-state index >= 15 is 0 Å². The summed E-state index contributed by atoms with van der Waals surface area (Å²) in [6.07, 6.45) is -3.45. The Balaban J connectivity index is 2.44. The summed E-state index contributed by atoms with van der Waals surface area (Å²) in [5.41, 5.74) is 0.203. The number of alkyl halides is 3. The molecule has 1 aromatic carbocycles. The average Bonchev–Trinajstić information content (AvgIpc) is 2.37. The number of benzene rings is 1. The third kappa shape index (κ3) is 3.25. The first-order chi connectivity index (χ1) is 9.37. The van der Waals surface area contributed by atoms with Crippen molar-refractivity contribution < 1.29 is 27.8 Å². The highest BCUT2D eigenvalue weighted by atomic mass is 19.4. The summed E-state index contributed by atoms with van der Waals surface area (Å²) < 4.78 is 40.2. The fraction of sp³-hybridized carbons (Fsp3) is 0.0769. The Morgan fingerprint density at radius 1 is 1.20 bits per heavy atom. The molecular weight excluding hydrogens is 275 g/mol. The van der Waals surface area contributed by atoms with Crippen LogP contribution in [0.25, 0.3) is 11.3 Å². The van der Waals surface area contributed by atoms with E-state index in [0.29, 0.717) is 0 Å². The van der Waals surface area contributed by atoms with Crippen molar-refractivity contribution >= 4 is 5.97 Å². The van der Waals surface area contributed by atoms with E-state index in [4.69, 9.17) is 5.11 Å². The lowest BCUT2D eigenvalue weighted by atomic mass is 10.1. The van der Waals surface area contributed by atoms with Crippen molar-refractivity contribution in [2.75, 3.05) is 0 Å². The summed E-state index contributed by atoms with van der Waals surface area (Å²) >= 11 is 0. The monoisotopic (exact) mass is 283 g/mol. The molecule has 0 saturated carbocycles. The van der Waals surface area contributed by atoms with Crippen LogP contribution in [0.1, 0.15) is 10.4 Å². The molecule has 0 saturated heterocycles. The molecule has 0 unspecified atom stereocenters. The van der Waals surface area contributed by atoms with Crippen molar-refractivity contribution in [3.05, 3.63) is 48.2 Å². The molecule has 0 aliphatic rings. The highest BCUT2D eigenvalue weighted by Crippen LogP contribution is 2.28. The minimum absolute atomic E-state index is 0.0765. The maximum absolute atomic E-state index is 12.2. The number of carbonyl (C=O) groups is 1. The van der Waals surface area contributed by atoms with Crippen LogP contribution in [0.5, 0.6) is 5.75 Å². The van der Waals surface area contributed by atoms with Gasteiger partial charge in [-0.25, -0.2) is 4.79 Å². The van der Waals surface area contributed by atoms with E-state index < -0.39 is 18.1 Å². The van der Waals surface area contributed by atoms with Crippen LogP contribution in [0.2, 0.25) is 0 Å². The summed E-state index contributed by atoms with van der Waals surface area (Å²) in [7, 11) is 0. The van der Waals surface area contributed by atoms with Crippen LogP contribution in [-0.4, -0.2) is 22.4 Å². The number of carboxylic acid groups (broad SMARTS) is 1. The van der Waals surface area contributed by atoms with E-state index in [2.05, 4.69) is 9.72 Å². The number of ether oxygens (including phenoxy) is 1. The van der Waals surface area contributed by atoms with E-state index in [-0.39, 0.29) is 16.8 Å². The number of aromatic nitrogens is 1. The van der Waals surface area contributed by atoms with Crippen molar-refractivity contribution in [3.63, 3.8) is 0 Å². The van der Waals surface area contributed by atoms with Crippen molar-refractivity contribution in [1.82, 2.24) is 4.98 Å². The Bertz CT molecular complexity index is 641. The molecule has 20 heavy (non-hydrogen) atoms. The van der Waals surface area contributed by atoms with Crippen molar-refractivity contribution in [3.8, 4) is 17.0 Å². The number of hydrogen-bond donors (Lipinski definition) is 1. The fourth-order valence-corrected chi connectivity index (χ4v) is 1.65. The van der Waals surface area contributed by atoms with Crippen LogP contribution in [-0.2, 0) is 0 Å². The predicted molar refractivity (Wildman–Crippen MR) is 63.3 cm³/mol. The molecule has 2 rings (SSSR count). The normalized spacial score (nSPS) is 11.2. The molecule has 0 bridgehead atoms. The third-order valence-electron chi connectivity index (χ3n) is 2.38. The Kier molecular flexibility index (Phi) is 3.60. The van der Waals surface area contributed by atoms with Gasteiger partial charge in [0.25, 0.3) is 0 Å². The molecule has 1 N–H and O–H groups in total. The molecule has 0 radical (unpaired) electrons.